The Morgan fingerprint density at radius 1 is 1.47 bits per heavy atom. The standard InChI is InChI=1S/C10H13NO5S/c1-10(13,9(12)11-14)7-17(15)16-8-5-3-2-4-6-8/h2-6,13-14H,7H2,1H3,(H,11,12). The lowest BCUT2D eigenvalue weighted by atomic mass is 10.1. The number of hydrogen-bond acceptors (Lipinski definition) is 5. The Morgan fingerprint density at radius 3 is 2.59 bits per heavy atom. The number of carbonyl (C=O) groups is 1. The summed E-state index contributed by atoms with van der Waals surface area (Å²) in [7, 11) is 0. The van der Waals surface area contributed by atoms with Crippen molar-refractivity contribution in [3.63, 3.8) is 0 Å². The SMILES string of the molecule is CC(O)(CS(=O)Oc1ccccc1)C(=O)NO. The van der Waals surface area contributed by atoms with Crippen LogP contribution in [-0.2, 0) is 15.9 Å². The van der Waals surface area contributed by atoms with Crippen LogP contribution in [0.15, 0.2) is 30.3 Å². The summed E-state index contributed by atoms with van der Waals surface area (Å²) < 4.78 is 16.5. The van der Waals surface area contributed by atoms with E-state index < -0.39 is 28.3 Å². The van der Waals surface area contributed by atoms with Gasteiger partial charge in [-0.05, 0) is 19.1 Å². The molecule has 2 unspecified atom stereocenters. The van der Waals surface area contributed by atoms with E-state index in [-0.39, 0.29) is 0 Å². The monoisotopic (exact) mass is 259 g/mol. The number of para-hydroxylation sites is 1. The molecular weight excluding hydrogens is 246 g/mol. The van der Waals surface area contributed by atoms with Crippen LogP contribution >= 0.6 is 0 Å². The first-order chi connectivity index (χ1) is 7.95. The quantitative estimate of drug-likeness (QED) is 0.510. The highest BCUT2D eigenvalue weighted by Gasteiger charge is 2.33. The van der Waals surface area contributed by atoms with Crippen LogP contribution in [0.25, 0.3) is 0 Å². The smallest absolute Gasteiger partial charge is 0.276 e. The van der Waals surface area contributed by atoms with Gasteiger partial charge in [0.2, 0.25) is 11.1 Å². The van der Waals surface area contributed by atoms with Crippen LogP contribution in [0.3, 0.4) is 0 Å². The van der Waals surface area contributed by atoms with Gasteiger partial charge in [0, 0.05) is 0 Å². The van der Waals surface area contributed by atoms with Gasteiger partial charge < -0.3 is 9.29 Å². The molecule has 3 N–H and O–H groups in total. The van der Waals surface area contributed by atoms with Crippen LogP contribution in [-0.4, -0.2) is 31.8 Å². The number of aliphatic hydroxyl groups is 1. The summed E-state index contributed by atoms with van der Waals surface area (Å²) in [5.74, 6) is -1.12. The van der Waals surface area contributed by atoms with Crippen LogP contribution in [0.4, 0.5) is 0 Å². The van der Waals surface area contributed by atoms with Crippen LogP contribution in [0.1, 0.15) is 6.92 Å². The van der Waals surface area contributed by atoms with Crippen LogP contribution in [0.5, 0.6) is 5.75 Å². The predicted octanol–water partition coefficient (Wildman–Crippen LogP) is -0.0145. The van der Waals surface area contributed by atoms with E-state index in [1.807, 2.05) is 0 Å². The number of benzene rings is 1. The minimum absolute atomic E-state index is 0.367. The topological polar surface area (TPSA) is 95.9 Å². The molecule has 0 aliphatic heterocycles. The first-order valence-corrected chi connectivity index (χ1v) is 5.99. The molecule has 17 heavy (non-hydrogen) atoms. The van der Waals surface area contributed by atoms with E-state index in [1.54, 1.807) is 30.3 Å². The number of amides is 1. The van der Waals surface area contributed by atoms with Crippen molar-refractivity contribution in [1.82, 2.24) is 5.48 Å². The molecule has 0 spiro atoms. The first kappa shape index (κ1) is 13.6. The molecule has 1 amide bonds. The van der Waals surface area contributed by atoms with E-state index in [0.29, 0.717) is 5.75 Å². The molecule has 6 nitrogen and oxygen atoms in total. The first-order valence-electron chi connectivity index (χ1n) is 4.74. The molecule has 0 radical (unpaired) electrons. The van der Waals surface area contributed by atoms with Gasteiger partial charge in [0.1, 0.15) is 5.75 Å². The van der Waals surface area contributed by atoms with E-state index >= 15 is 0 Å². The largest absolute Gasteiger partial charge is 0.400 e. The normalized spacial score (nSPS) is 15.7. The minimum Gasteiger partial charge on any atom is -0.400 e. The summed E-state index contributed by atoms with van der Waals surface area (Å²) in [4.78, 5) is 11.0. The number of hydroxylamine groups is 1. The van der Waals surface area contributed by atoms with Gasteiger partial charge in [-0.25, -0.2) is 9.69 Å². The highest BCUT2D eigenvalue weighted by atomic mass is 32.2. The summed E-state index contributed by atoms with van der Waals surface area (Å²) >= 11 is -1.88. The summed E-state index contributed by atoms with van der Waals surface area (Å²) in [6, 6.07) is 8.36. The van der Waals surface area contributed by atoms with E-state index in [4.69, 9.17) is 9.39 Å². The third-order valence-corrected chi connectivity index (χ3v) is 3.10. The lowest BCUT2D eigenvalue weighted by molar-refractivity contribution is -0.144. The lowest BCUT2D eigenvalue weighted by Crippen LogP contribution is -2.47. The average molecular weight is 259 g/mol. The molecule has 0 aliphatic rings. The summed E-state index contributed by atoms with van der Waals surface area (Å²) in [5, 5.41) is 18.0. The zero-order chi connectivity index (χ0) is 12.9. The van der Waals surface area contributed by atoms with Crippen molar-refractivity contribution in [3.8, 4) is 5.75 Å². The summed E-state index contributed by atoms with van der Waals surface area (Å²) in [5.41, 5.74) is -0.668. The zero-order valence-corrected chi connectivity index (χ0v) is 9.94. The highest BCUT2D eigenvalue weighted by Crippen LogP contribution is 2.13. The molecule has 1 aromatic rings. The Morgan fingerprint density at radius 2 is 2.06 bits per heavy atom. The second-order valence-electron chi connectivity index (χ2n) is 3.56. The number of nitrogens with one attached hydrogen (secondary N) is 1. The molecule has 0 aliphatic carbocycles. The highest BCUT2D eigenvalue weighted by molar-refractivity contribution is 7.80. The minimum atomic E-state index is -1.96. The predicted molar refractivity (Wildman–Crippen MR) is 60.6 cm³/mol. The van der Waals surface area contributed by atoms with Crippen LogP contribution in [0, 0.1) is 0 Å². The fourth-order valence-corrected chi connectivity index (χ4v) is 2.00. The average Bonchev–Trinajstić information content (AvgIpc) is 2.28. The van der Waals surface area contributed by atoms with Crippen molar-refractivity contribution in [2.75, 3.05) is 5.75 Å². The van der Waals surface area contributed by atoms with Gasteiger partial charge in [0.25, 0.3) is 5.91 Å². The Bertz CT molecular complexity index is 406. The van der Waals surface area contributed by atoms with Crippen molar-refractivity contribution in [2.45, 2.75) is 12.5 Å². The third kappa shape index (κ3) is 4.14. The molecule has 1 rings (SSSR count). The zero-order valence-electron chi connectivity index (χ0n) is 9.12. The second kappa shape index (κ2) is 5.76. The van der Waals surface area contributed by atoms with E-state index in [0.717, 1.165) is 6.92 Å². The van der Waals surface area contributed by atoms with E-state index in [1.165, 1.54) is 5.48 Å². The maximum absolute atomic E-state index is 11.5. The molecule has 7 heteroatoms. The molecule has 2 atom stereocenters. The Hall–Kier alpha value is -1.44. The second-order valence-corrected chi connectivity index (χ2v) is 4.62. The van der Waals surface area contributed by atoms with Crippen molar-refractivity contribution in [2.24, 2.45) is 0 Å². The summed E-state index contributed by atoms with van der Waals surface area (Å²) in [6.07, 6.45) is 0. The van der Waals surface area contributed by atoms with Crippen molar-refractivity contribution < 1.29 is 23.5 Å². The van der Waals surface area contributed by atoms with E-state index in [9.17, 15) is 14.1 Å². The molecule has 1 aromatic carbocycles. The van der Waals surface area contributed by atoms with Gasteiger partial charge in [0.15, 0.2) is 5.60 Å². The number of rotatable bonds is 5. The molecule has 0 heterocycles. The van der Waals surface area contributed by atoms with Crippen LogP contribution in [0.2, 0.25) is 0 Å². The Balaban J connectivity index is 2.59. The number of hydrogen-bond donors (Lipinski definition) is 3. The lowest BCUT2D eigenvalue weighted by Gasteiger charge is -2.19. The maximum Gasteiger partial charge on any atom is 0.276 e. The summed E-state index contributed by atoms with van der Waals surface area (Å²) in [6.45, 7) is 1.13. The van der Waals surface area contributed by atoms with Gasteiger partial charge in [-0.2, -0.15) is 0 Å². The maximum atomic E-state index is 11.5. The van der Waals surface area contributed by atoms with Gasteiger partial charge in [0.05, 0.1) is 5.75 Å². The molecular formula is C10H13NO5S. The van der Waals surface area contributed by atoms with Crippen LogP contribution < -0.4 is 9.66 Å². The molecule has 0 fully saturated rings. The van der Waals surface area contributed by atoms with Gasteiger partial charge >= 0.3 is 0 Å². The van der Waals surface area contributed by atoms with Crippen molar-refractivity contribution in [1.29, 1.82) is 0 Å². The van der Waals surface area contributed by atoms with Gasteiger partial charge in [-0.15, -0.1) is 0 Å². The fraction of sp³-hybridized carbons (Fsp3) is 0.300. The van der Waals surface area contributed by atoms with Gasteiger partial charge in [-0.1, -0.05) is 18.2 Å². The molecule has 0 aromatic heterocycles. The van der Waals surface area contributed by atoms with Crippen molar-refractivity contribution in [3.05, 3.63) is 30.3 Å². The molecule has 0 saturated heterocycles. The third-order valence-electron chi connectivity index (χ3n) is 1.92. The van der Waals surface area contributed by atoms with Crippen molar-refractivity contribution >= 4 is 17.0 Å². The molecule has 0 bridgehead atoms. The fourth-order valence-electron chi connectivity index (χ4n) is 1.03. The Kier molecular flexibility index (Phi) is 4.62. The van der Waals surface area contributed by atoms with Gasteiger partial charge in [-0.3, -0.25) is 10.0 Å². The van der Waals surface area contributed by atoms with E-state index in [2.05, 4.69) is 0 Å². The Labute approximate surface area is 101 Å². The molecule has 0 saturated carbocycles. The number of carbonyl (C=O) groups excluding carboxylic acids is 1. The molecule has 94 valence electrons.